The molecule has 0 unspecified atom stereocenters. The summed E-state index contributed by atoms with van der Waals surface area (Å²) in [5.41, 5.74) is 0. The number of hydrogen-bond acceptors (Lipinski definition) is 5. The van der Waals surface area contributed by atoms with E-state index in [0.717, 1.165) is 0 Å². The van der Waals surface area contributed by atoms with E-state index in [1.807, 2.05) is 0 Å². The molecule has 20 heavy (non-hydrogen) atoms. The topological polar surface area (TPSA) is 107 Å². The molecule has 0 radical (unpaired) electrons. The number of rotatable bonds is 7. The van der Waals surface area contributed by atoms with Crippen molar-refractivity contribution >= 4 is 29.1 Å². The lowest BCUT2D eigenvalue weighted by Gasteiger charge is -2.18. The number of carboxylic acids is 1. The van der Waals surface area contributed by atoms with Crippen LogP contribution in [0.3, 0.4) is 0 Å². The molecule has 1 aromatic heterocycles. The number of carboxylic acid groups (broad SMARTS) is 1. The van der Waals surface area contributed by atoms with Gasteiger partial charge in [-0.3, -0.25) is 9.59 Å². The number of aliphatic hydroxyl groups excluding tert-OH is 1. The number of likely N-dealkylation sites (N-methyl/N-ethyl adjacent to an activating group) is 1. The molecule has 1 heterocycles. The first-order chi connectivity index (χ1) is 9.45. The zero-order valence-corrected chi connectivity index (χ0v) is 11.7. The Labute approximate surface area is 119 Å². The molecule has 0 bridgehead atoms. The first kappa shape index (κ1) is 16.1. The van der Waals surface area contributed by atoms with E-state index in [4.69, 9.17) is 10.2 Å². The second-order valence-electron chi connectivity index (χ2n) is 4.11. The van der Waals surface area contributed by atoms with Gasteiger partial charge in [0.1, 0.15) is 6.04 Å². The molecular formula is C12H16N2O5S. The molecule has 1 aromatic rings. The van der Waals surface area contributed by atoms with Crippen LogP contribution in [0, 0.1) is 0 Å². The Kier molecular flexibility index (Phi) is 6.13. The number of amides is 2. The Morgan fingerprint density at radius 1 is 1.45 bits per heavy atom. The summed E-state index contributed by atoms with van der Waals surface area (Å²) in [7, 11) is 1.46. The maximum Gasteiger partial charge on any atom is 0.326 e. The molecule has 0 aromatic carbocycles. The second kappa shape index (κ2) is 7.61. The summed E-state index contributed by atoms with van der Waals surface area (Å²) in [6, 6.07) is 2.22. The number of aliphatic hydroxyl groups is 1. The summed E-state index contributed by atoms with van der Waals surface area (Å²) in [6.07, 6.45) is -0.0797. The zero-order chi connectivity index (χ0) is 15.1. The van der Waals surface area contributed by atoms with Crippen molar-refractivity contribution in [3.05, 3.63) is 22.4 Å². The third kappa shape index (κ3) is 4.63. The molecule has 8 heteroatoms. The average Bonchev–Trinajstić information content (AvgIpc) is 2.90. The molecule has 1 atom stereocenters. The molecule has 110 valence electrons. The lowest BCUT2D eigenvalue weighted by Crippen LogP contribution is -2.46. The van der Waals surface area contributed by atoms with E-state index >= 15 is 0 Å². The minimum atomic E-state index is -1.22. The Balaban J connectivity index is 2.53. The van der Waals surface area contributed by atoms with Crippen molar-refractivity contribution < 1.29 is 24.6 Å². The molecule has 0 spiro atoms. The van der Waals surface area contributed by atoms with Crippen molar-refractivity contribution in [3.8, 4) is 0 Å². The second-order valence-corrected chi connectivity index (χ2v) is 5.06. The third-order valence-electron chi connectivity index (χ3n) is 2.51. The number of carbonyl (C=O) groups excluding carboxylic acids is 2. The average molecular weight is 300 g/mol. The molecule has 2 amide bonds. The van der Waals surface area contributed by atoms with Crippen LogP contribution in [0.4, 0.5) is 0 Å². The standard InChI is InChI=1S/C12H16N2O5S/c1-14(11(17)9-3-2-6-20-9)7-10(16)13-8(4-5-15)12(18)19/h2-3,6,8,15H,4-5,7H2,1H3,(H,13,16)(H,18,19)/t8-/m1/s1. The van der Waals surface area contributed by atoms with E-state index in [1.54, 1.807) is 17.5 Å². The Bertz CT molecular complexity index is 474. The number of carbonyl (C=O) groups is 3. The SMILES string of the molecule is CN(CC(=O)N[C@H](CCO)C(=O)O)C(=O)c1cccs1. The highest BCUT2D eigenvalue weighted by atomic mass is 32.1. The van der Waals surface area contributed by atoms with Gasteiger partial charge < -0.3 is 20.4 Å². The molecule has 0 fully saturated rings. The van der Waals surface area contributed by atoms with Crippen molar-refractivity contribution in [1.82, 2.24) is 10.2 Å². The summed E-state index contributed by atoms with van der Waals surface area (Å²) in [6.45, 7) is -0.590. The van der Waals surface area contributed by atoms with Crippen LogP contribution < -0.4 is 5.32 Å². The van der Waals surface area contributed by atoms with Crippen molar-refractivity contribution in [1.29, 1.82) is 0 Å². The Morgan fingerprint density at radius 3 is 2.65 bits per heavy atom. The van der Waals surface area contributed by atoms with Gasteiger partial charge in [-0.05, 0) is 11.4 Å². The van der Waals surface area contributed by atoms with Crippen LogP contribution in [0.15, 0.2) is 17.5 Å². The molecule has 3 N–H and O–H groups in total. The first-order valence-corrected chi connectivity index (χ1v) is 6.75. The summed E-state index contributed by atoms with van der Waals surface area (Å²) in [4.78, 5) is 36.1. The van der Waals surface area contributed by atoms with E-state index in [0.29, 0.717) is 4.88 Å². The minimum Gasteiger partial charge on any atom is -0.480 e. The van der Waals surface area contributed by atoms with Gasteiger partial charge >= 0.3 is 5.97 Å². The molecule has 0 saturated heterocycles. The van der Waals surface area contributed by atoms with Gasteiger partial charge in [-0.15, -0.1) is 11.3 Å². The molecule has 0 aliphatic rings. The smallest absolute Gasteiger partial charge is 0.326 e. The van der Waals surface area contributed by atoms with E-state index in [2.05, 4.69) is 5.32 Å². The third-order valence-corrected chi connectivity index (χ3v) is 3.37. The van der Waals surface area contributed by atoms with Crippen molar-refractivity contribution in [2.75, 3.05) is 20.2 Å². The number of nitrogens with zero attached hydrogens (tertiary/aromatic N) is 1. The lowest BCUT2D eigenvalue weighted by atomic mass is 10.2. The Morgan fingerprint density at radius 2 is 2.15 bits per heavy atom. The van der Waals surface area contributed by atoms with Gasteiger partial charge in [0, 0.05) is 20.1 Å². The zero-order valence-electron chi connectivity index (χ0n) is 10.9. The van der Waals surface area contributed by atoms with Gasteiger partial charge in [-0.1, -0.05) is 6.07 Å². The van der Waals surface area contributed by atoms with Gasteiger partial charge in [0.25, 0.3) is 5.91 Å². The van der Waals surface area contributed by atoms with Crippen LogP contribution in [-0.4, -0.2) is 59.1 Å². The highest BCUT2D eigenvalue weighted by molar-refractivity contribution is 7.12. The fourth-order valence-corrected chi connectivity index (χ4v) is 2.22. The monoisotopic (exact) mass is 300 g/mol. The predicted molar refractivity (Wildman–Crippen MR) is 72.5 cm³/mol. The van der Waals surface area contributed by atoms with Crippen LogP contribution in [0.1, 0.15) is 16.1 Å². The Hall–Kier alpha value is -1.93. The van der Waals surface area contributed by atoms with Crippen molar-refractivity contribution in [2.45, 2.75) is 12.5 Å². The quantitative estimate of drug-likeness (QED) is 0.645. The summed E-state index contributed by atoms with van der Waals surface area (Å²) < 4.78 is 0. The summed E-state index contributed by atoms with van der Waals surface area (Å²) in [5, 5.41) is 21.6. The van der Waals surface area contributed by atoms with Gasteiger partial charge in [-0.25, -0.2) is 4.79 Å². The van der Waals surface area contributed by atoms with Crippen LogP contribution in [0.2, 0.25) is 0 Å². The van der Waals surface area contributed by atoms with Gasteiger partial charge in [0.05, 0.1) is 11.4 Å². The van der Waals surface area contributed by atoms with Crippen LogP contribution in [-0.2, 0) is 9.59 Å². The normalized spacial score (nSPS) is 11.7. The number of nitrogens with one attached hydrogen (secondary N) is 1. The molecule has 0 aliphatic heterocycles. The largest absolute Gasteiger partial charge is 0.480 e. The molecule has 1 rings (SSSR count). The highest BCUT2D eigenvalue weighted by Crippen LogP contribution is 2.10. The molecular weight excluding hydrogens is 284 g/mol. The number of hydrogen-bond donors (Lipinski definition) is 3. The lowest BCUT2D eigenvalue weighted by molar-refractivity contribution is -0.142. The van der Waals surface area contributed by atoms with Crippen molar-refractivity contribution in [3.63, 3.8) is 0 Å². The van der Waals surface area contributed by atoms with E-state index in [-0.39, 0.29) is 25.5 Å². The maximum atomic E-state index is 11.9. The minimum absolute atomic E-state index is 0.0797. The fraction of sp³-hybridized carbons (Fsp3) is 0.417. The van der Waals surface area contributed by atoms with Gasteiger partial charge in [0.2, 0.25) is 5.91 Å². The van der Waals surface area contributed by atoms with E-state index < -0.39 is 17.9 Å². The summed E-state index contributed by atoms with van der Waals surface area (Å²) in [5.74, 6) is -2.11. The van der Waals surface area contributed by atoms with Crippen LogP contribution in [0.5, 0.6) is 0 Å². The van der Waals surface area contributed by atoms with E-state index in [1.165, 1.54) is 23.3 Å². The van der Waals surface area contributed by atoms with Gasteiger partial charge in [-0.2, -0.15) is 0 Å². The highest BCUT2D eigenvalue weighted by Gasteiger charge is 2.21. The number of thiophene rings is 1. The predicted octanol–water partition coefficient (Wildman–Crippen LogP) is -0.228. The van der Waals surface area contributed by atoms with Crippen molar-refractivity contribution in [2.24, 2.45) is 0 Å². The van der Waals surface area contributed by atoms with Gasteiger partial charge in [0.15, 0.2) is 0 Å². The number of aliphatic carboxylic acids is 1. The summed E-state index contributed by atoms with van der Waals surface area (Å²) >= 11 is 1.26. The molecule has 7 nitrogen and oxygen atoms in total. The van der Waals surface area contributed by atoms with Crippen LogP contribution >= 0.6 is 11.3 Å². The maximum absolute atomic E-state index is 11.9. The fourth-order valence-electron chi connectivity index (χ4n) is 1.50. The molecule has 0 aliphatic carbocycles. The van der Waals surface area contributed by atoms with Crippen LogP contribution in [0.25, 0.3) is 0 Å². The first-order valence-electron chi connectivity index (χ1n) is 5.87. The van der Waals surface area contributed by atoms with E-state index in [9.17, 15) is 14.4 Å². The molecule has 0 saturated carbocycles.